The molecule has 5 nitrogen and oxygen atoms in total. The van der Waals surface area contributed by atoms with Crippen LogP contribution in [0, 0.1) is 16.0 Å². The third-order valence-corrected chi connectivity index (χ3v) is 2.23. The Morgan fingerprint density at radius 2 is 1.94 bits per heavy atom. The monoisotopic (exact) mass is 236 g/mol. The van der Waals surface area contributed by atoms with Crippen LogP contribution in [0.3, 0.4) is 0 Å². The zero-order valence-corrected chi connectivity index (χ0v) is 9.97. The molecule has 92 valence electrons. The molecule has 0 bridgehead atoms. The minimum atomic E-state index is -0.443. The molecule has 0 saturated carbocycles. The highest BCUT2D eigenvalue weighted by molar-refractivity contribution is 5.76. The summed E-state index contributed by atoms with van der Waals surface area (Å²) in [5, 5.41) is 13.2. The van der Waals surface area contributed by atoms with Crippen molar-refractivity contribution in [3.8, 4) is 0 Å². The molecule has 0 atom stereocenters. The molecule has 0 aromatic heterocycles. The van der Waals surface area contributed by atoms with Crippen LogP contribution in [0.15, 0.2) is 24.3 Å². The van der Waals surface area contributed by atoms with Crippen LogP contribution in [0.5, 0.6) is 0 Å². The average molecular weight is 236 g/mol. The lowest BCUT2D eigenvalue weighted by Crippen LogP contribution is -2.23. The smallest absolute Gasteiger partial charge is 0.269 e. The number of non-ortho nitro benzene ring substituents is 1. The van der Waals surface area contributed by atoms with Crippen LogP contribution < -0.4 is 5.32 Å². The van der Waals surface area contributed by atoms with Crippen molar-refractivity contribution in [1.82, 2.24) is 5.32 Å². The number of nitrogens with zero attached hydrogens (tertiary/aromatic N) is 1. The molecule has 1 amide bonds. The normalized spacial score (nSPS) is 10.3. The first-order valence-electron chi connectivity index (χ1n) is 5.49. The number of rotatable bonds is 5. The molecule has 0 aliphatic heterocycles. The fraction of sp³-hybridized carbons (Fsp3) is 0.417. The summed E-state index contributed by atoms with van der Waals surface area (Å²) in [6, 6.07) is 6.16. The molecule has 0 radical (unpaired) electrons. The Balaban J connectivity index is 2.47. The second-order valence-electron chi connectivity index (χ2n) is 4.30. The van der Waals surface area contributed by atoms with Crippen LogP contribution >= 0.6 is 0 Å². The summed E-state index contributed by atoms with van der Waals surface area (Å²) in [6.07, 6.45) is 0.493. The van der Waals surface area contributed by atoms with Gasteiger partial charge in [-0.2, -0.15) is 0 Å². The lowest BCUT2D eigenvalue weighted by Gasteiger charge is -2.06. The molecule has 0 saturated heterocycles. The van der Waals surface area contributed by atoms with Gasteiger partial charge in [-0.25, -0.2) is 0 Å². The highest BCUT2D eigenvalue weighted by Gasteiger charge is 2.06. The van der Waals surface area contributed by atoms with E-state index in [0.717, 1.165) is 5.56 Å². The Morgan fingerprint density at radius 1 is 1.35 bits per heavy atom. The first-order valence-corrected chi connectivity index (χ1v) is 5.49. The Hall–Kier alpha value is -1.91. The summed E-state index contributed by atoms with van der Waals surface area (Å²) < 4.78 is 0. The molecule has 0 aliphatic carbocycles. The van der Waals surface area contributed by atoms with Crippen LogP contribution in [-0.4, -0.2) is 10.8 Å². The van der Waals surface area contributed by atoms with Crippen LogP contribution in [0.1, 0.15) is 25.8 Å². The molecular formula is C12H16N2O3. The number of benzene rings is 1. The second kappa shape index (κ2) is 5.98. The highest BCUT2D eigenvalue weighted by Crippen LogP contribution is 2.11. The summed E-state index contributed by atoms with van der Waals surface area (Å²) in [7, 11) is 0. The van der Waals surface area contributed by atoms with Crippen molar-refractivity contribution in [2.24, 2.45) is 5.92 Å². The largest absolute Gasteiger partial charge is 0.352 e. The van der Waals surface area contributed by atoms with E-state index in [1.165, 1.54) is 12.1 Å². The number of carbonyl (C=O) groups excluding carboxylic acids is 1. The third-order valence-electron chi connectivity index (χ3n) is 2.23. The van der Waals surface area contributed by atoms with Crippen LogP contribution in [0.4, 0.5) is 5.69 Å². The van der Waals surface area contributed by atoms with Gasteiger partial charge in [-0.1, -0.05) is 26.0 Å². The summed E-state index contributed by atoms with van der Waals surface area (Å²) in [5.74, 6) is 0.324. The standard InChI is InChI=1S/C12H16N2O3/c1-9(2)7-12(15)13-8-10-3-5-11(6-4-10)14(16)17/h3-6,9H,7-8H2,1-2H3,(H,13,15). The molecule has 0 aliphatic rings. The van der Waals surface area contributed by atoms with Gasteiger partial charge >= 0.3 is 0 Å². The molecule has 1 aromatic carbocycles. The van der Waals surface area contributed by atoms with Crippen LogP contribution in [-0.2, 0) is 11.3 Å². The van der Waals surface area contributed by atoms with Gasteiger partial charge in [-0.3, -0.25) is 14.9 Å². The minimum Gasteiger partial charge on any atom is -0.352 e. The van der Waals surface area contributed by atoms with E-state index in [4.69, 9.17) is 0 Å². The summed E-state index contributed by atoms with van der Waals surface area (Å²) >= 11 is 0. The Labute approximate surface area is 100.0 Å². The highest BCUT2D eigenvalue weighted by atomic mass is 16.6. The maximum absolute atomic E-state index is 11.4. The molecule has 1 rings (SSSR count). The van der Waals surface area contributed by atoms with Gasteiger partial charge in [0.2, 0.25) is 5.91 Å². The molecule has 17 heavy (non-hydrogen) atoms. The maximum Gasteiger partial charge on any atom is 0.269 e. The molecule has 5 heteroatoms. The number of nitro groups is 1. The van der Waals surface area contributed by atoms with E-state index in [1.54, 1.807) is 12.1 Å². The topological polar surface area (TPSA) is 72.2 Å². The lowest BCUT2D eigenvalue weighted by atomic mass is 10.1. The number of amides is 1. The first-order chi connectivity index (χ1) is 7.99. The van der Waals surface area contributed by atoms with Gasteiger partial charge in [0.25, 0.3) is 5.69 Å². The summed E-state index contributed by atoms with van der Waals surface area (Å²) in [5.41, 5.74) is 0.912. The number of hydrogen-bond acceptors (Lipinski definition) is 3. The van der Waals surface area contributed by atoms with E-state index in [-0.39, 0.29) is 11.6 Å². The lowest BCUT2D eigenvalue weighted by molar-refractivity contribution is -0.384. The number of carbonyl (C=O) groups is 1. The molecule has 0 unspecified atom stereocenters. The van der Waals surface area contributed by atoms with Crippen molar-refractivity contribution in [2.45, 2.75) is 26.8 Å². The number of nitro benzene ring substituents is 1. The molecule has 0 fully saturated rings. The van der Waals surface area contributed by atoms with E-state index < -0.39 is 4.92 Å². The van der Waals surface area contributed by atoms with Gasteiger partial charge in [-0.05, 0) is 11.5 Å². The van der Waals surface area contributed by atoms with E-state index in [1.807, 2.05) is 13.8 Å². The maximum atomic E-state index is 11.4. The van der Waals surface area contributed by atoms with Crippen molar-refractivity contribution in [2.75, 3.05) is 0 Å². The fourth-order valence-electron chi connectivity index (χ4n) is 1.38. The Kier molecular flexibility index (Phi) is 4.63. The van der Waals surface area contributed by atoms with Crippen molar-refractivity contribution in [3.05, 3.63) is 39.9 Å². The van der Waals surface area contributed by atoms with Crippen molar-refractivity contribution >= 4 is 11.6 Å². The van der Waals surface area contributed by atoms with Crippen molar-refractivity contribution < 1.29 is 9.72 Å². The van der Waals surface area contributed by atoms with Crippen molar-refractivity contribution in [3.63, 3.8) is 0 Å². The zero-order valence-electron chi connectivity index (χ0n) is 9.97. The van der Waals surface area contributed by atoms with Gasteiger partial charge in [0.05, 0.1) is 4.92 Å². The summed E-state index contributed by atoms with van der Waals surface area (Å²) in [4.78, 5) is 21.4. The SMILES string of the molecule is CC(C)CC(=O)NCc1ccc([N+](=O)[O-])cc1. The predicted octanol–water partition coefficient (Wildman–Crippen LogP) is 2.26. The van der Waals surface area contributed by atoms with E-state index in [0.29, 0.717) is 18.9 Å². The minimum absolute atomic E-state index is 0.00153. The quantitative estimate of drug-likeness (QED) is 0.629. The average Bonchev–Trinajstić information content (AvgIpc) is 2.26. The van der Waals surface area contributed by atoms with Gasteiger partial charge in [0.1, 0.15) is 0 Å². The fourth-order valence-corrected chi connectivity index (χ4v) is 1.38. The van der Waals surface area contributed by atoms with E-state index in [9.17, 15) is 14.9 Å². The third kappa shape index (κ3) is 4.63. The van der Waals surface area contributed by atoms with Gasteiger partial charge in [0, 0.05) is 25.1 Å². The molecule has 0 spiro atoms. The molecule has 1 N–H and O–H groups in total. The van der Waals surface area contributed by atoms with E-state index in [2.05, 4.69) is 5.32 Å². The van der Waals surface area contributed by atoms with Crippen molar-refractivity contribution in [1.29, 1.82) is 0 Å². The predicted molar refractivity (Wildman–Crippen MR) is 64.4 cm³/mol. The Morgan fingerprint density at radius 3 is 2.41 bits per heavy atom. The molecular weight excluding hydrogens is 220 g/mol. The second-order valence-corrected chi connectivity index (χ2v) is 4.30. The van der Waals surface area contributed by atoms with Gasteiger partial charge < -0.3 is 5.32 Å². The Bertz CT molecular complexity index is 399. The molecule has 0 heterocycles. The molecule has 1 aromatic rings. The number of nitrogens with one attached hydrogen (secondary N) is 1. The number of hydrogen-bond donors (Lipinski definition) is 1. The van der Waals surface area contributed by atoms with Gasteiger partial charge in [-0.15, -0.1) is 0 Å². The van der Waals surface area contributed by atoms with Crippen LogP contribution in [0.2, 0.25) is 0 Å². The summed E-state index contributed by atoms with van der Waals surface area (Å²) in [6.45, 7) is 4.36. The van der Waals surface area contributed by atoms with Crippen LogP contribution in [0.25, 0.3) is 0 Å². The first kappa shape index (κ1) is 13.2. The zero-order chi connectivity index (χ0) is 12.8. The van der Waals surface area contributed by atoms with E-state index >= 15 is 0 Å². The van der Waals surface area contributed by atoms with Gasteiger partial charge in [0.15, 0.2) is 0 Å².